The fourth-order valence-electron chi connectivity index (χ4n) is 2.91. The molecular formula is C18H20FNO. The topological polar surface area (TPSA) is 21.3 Å². The summed E-state index contributed by atoms with van der Waals surface area (Å²) in [5.41, 5.74) is 3.47. The van der Waals surface area contributed by atoms with Gasteiger partial charge < -0.3 is 10.1 Å². The molecule has 3 heteroatoms. The van der Waals surface area contributed by atoms with E-state index < -0.39 is 0 Å². The first-order chi connectivity index (χ1) is 10.2. The van der Waals surface area contributed by atoms with E-state index >= 15 is 0 Å². The van der Waals surface area contributed by atoms with Gasteiger partial charge in [-0.05, 0) is 37.2 Å². The lowest BCUT2D eigenvalue weighted by atomic mass is 9.92. The molecule has 0 amide bonds. The van der Waals surface area contributed by atoms with Crippen LogP contribution < -0.4 is 10.1 Å². The van der Waals surface area contributed by atoms with Crippen molar-refractivity contribution in [3.63, 3.8) is 0 Å². The third-order valence-electron chi connectivity index (χ3n) is 3.95. The summed E-state index contributed by atoms with van der Waals surface area (Å²) in [4.78, 5) is 0. The molecule has 2 aromatic carbocycles. The van der Waals surface area contributed by atoms with E-state index in [0.29, 0.717) is 0 Å². The zero-order chi connectivity index (χ0) is 14.8. The third kappa shape index (κ3) is 2.93. The van der Waals surface area contributed by atoms with Crippen LogP contribution >= 0.6 is 0 Å². The van der Waals surface area contributed by atoms with Crippen molar-refractivity contribution >= 4 is 0 Å². The number of benzene rings is 2. The first kappa shape index (κ1) is 14.1. The minimum atomic E-state index is -0.214. The Bertz CT molecular complexity index is 624. The van der Waals surface area contributed by atoms with Crippen molar-refractivity contribution in [1.29, 1.82) is 0 Å². The van der Waals surface area contributed by atoms with E-state index in [0.717, 1.165) is 24.3 Å². The summed E-state index contributed by atoms with van der Waals surface area (Å²) < 4.78 is 19.2. The van der Waals surface area contributed by atoms with Gasteiger partial charge in [0.1, 0.15) is 17.7 Å². The molecule has 2 unspecified atom stereocenters. The van der Waals surface area contributed by atoms with Gasteiger partial charge in [-0.15, -0.1) is 0 Å². The van der Waals surface area contributed by atoms with E-state index in [9.17, 15) is 4.39 Å². The largest absolute Gasteiger partial charge is 0.485 e. The van der Waals surface area contributed by atoms with Crippen LogP contribution in [-0.4, -0.2) is 6.54 Å². The SMILES string of the molecule is CCNC1CC(c2ccc(F)cc2)Oc2ccc(C)cc21. The number of rotatable bonds is 3. The third-order valence-corrected chi connectivity index (χ3v) is 3.95. The highest BCUT2D eigenvalue weighted by molar-refractivity contribution is 5.42. The van der Waals surface area contributed by atoms with E-state index in [1.807, 2.05) is 18.2 Å². The Morgan fingerprint density at radius 2 is 1.95 bits per heavy atom. The van der Waals surface area contributed by atoms with Gasteiger partial charge in [-0.25, -0.2) is 4.39 Å². The maximum absolute atomic E-state index is 13.1. The molecule has 0 aromatic heterocycles. The Labute approximate surface area is 125 Å². The van der Waals surface area contributed by atoms with Crippen LogP contribution in [0.25, 0.3) is 0 Å². The molecule has 2 nitrogen and oxygen atoms in total. The number of ether oxygens (including phenoxy) is 1. The lowest BCUT2D eigenvalue weighted by Crippen LogP contribution is -2.29. The maximum Gasteiger partial charge on any atom is 0.126 e. The number of hydrogen-bond acceptors (Lipinski definition) is 2. The fraction of sp³-hybridized carbons (Fsp3) is 0.333. The van der Waals surface area contributed by atoms with Crippen LogP contribution in [0.1, 0.15) is 42.2 Å². The van der Waals surface area contributed by atoms with Crippen LogP contribution in [0.4, 0.5) is 4.39 Å². The predicted molar refractivity (Wildman–Crippen MR) is 82.0 cm³/mol. The van der Waals surface area contributed by atoms with Crippen LogP contribution in [0, 0.1) is 12.7 Å². The summed E-state index contributed by atoms with van der Waals surface area (Å²) >= 11 is 0. The lowest BCUT2D eigenvalue weighted by Gasteiger charge is -2.33. The molecule has 0 aliphatic carbocycles. The van der Waals surface area contributed by atoms with Crippen molar-refractivity contribution in [2.75, 3.05) is 6.54 Å². The van der Waals surface area contributed by atoms with Gasteiger partial charge in [0.05, 0.1) is 0 Å². The average Bonchev–Trinajstić information content (AvgIpc) is 2.48. The highest BCUT2D eigenvalue weighted by Gasteiger charge is 2.28. The van der Waals surface area contributed by atoms with Gasteiger partial charge >= 0.3 is 0 Å². The summed E-state index contributed by atoms with van der Waals surface area (Å²) in [6.45, 7) is 5.11. The normalized spacial score (nSPS) is 20.7. The van der Waals surface area contributed by atoms with Crippen molar-refractivity contribution in [2.24, 2.45) is 0 Å². The molecule has 3 rings (SSSR count). The molecule has 110 valence electrons. The molecule has 2 aromatic rings. The Morgan fingerprint density at radius 3 is 2.67 bits per heavy atom. The van der Waals surface area contributed by atoms with Gasteiger partial charge in [-0.2, -0.15) is 0 Å². The Kier molecular flexibility index (Phi) is 3.93. The Balaban J connectivity index is 1.93. The van der Waals surface area contributed by atoms with E-state index in [2.05, 4.69) is 31.3 Å². The molecule has 1 heterocycles. The van der Waals surface area contributed by atoms with Crippen LogP contribution in [0.3, 0.4) is 0 Å². The molecule has 1 aliphatic heterocycles. The number of hydrogen-bond donors (Lipinski definition) is 1. The molecule has 0 fully saturated rings. The zero-order valence-electron chi connectivity index (χ0n) is 12.4. The predicted octanol–water partition coefficient (Wildman–Crippen LogP) is 4.31. The van der Waals surface area contributed by atoms with E-state index in [-0.39, 0.29) is 18.0 Å². The second-order valence-electron chi connectivity index (χ2n) is 5.55. The molecule has 2 atom stereocenters. The zero-order valence-corrected chi connectivity index (χ0v) is 12.4. The number of aryl methyl sites for hydroxylation is 1. The Hall–Kier alpha value is -1.87. The summed E-state index contributed by atoms with van der Waals surface area (Å²) in [5, 5.41) is 3.52. The molecule has 0 saturated carbocycles. The summed E-state index contributed by atoms with van der Waals surface area (Å²) in [6, 6.07) is 13.2. The number of halogens is 1. The summed E-state index contributed by atoms with van der Waals surface area (Å²) in [7, 11) is 0. The standard InChI is InChI=1S/C18H20FNO/c1-3-20-16-11-18(13-5-7-14(19)8-6-13)21-17-9-4-12(2)10-15(16)17/h4-10,16,18,20H,3,11H2,1-2H3. The van der Waals surface area contributed by atoms with Crippen LogP contribution in [0.15, 0.2) is 42.5 Å². The highest BCUT2D eigenvalue weighted by Crippen LogP contribution is 2.41. The first-order valence-electron chi connectivity index (χ1n) is 7.43. The van der Waals surface area contributed by atoms with Gasteiger partial charge in [-0.3, -0.25) is 0 Å². The molecule has 0 saturated heterocycles. The minimum absolute atomic E-state index is 0.0372. The maximum atomic E-state index is 13.1. The molecule has 1 N–H and O–H groups in total. The molecular weight excluding hydrogens is 265 g/mol. The average molecular weight is 285 g/mol. The smallest absolute Gasteiger partial charge is 0.126 e. The van der Waals surface area contributed by atoms with Crippen molar-refractivity contribution in [2.45, 2.75) is 32.4 Å². The molecule has 0 spiro atoms. The first-order valence-corrected chi connectivity index (χ1v) is 7.43. The van der Waals surface area contributed by atoms with E-state index in [4.69, 9.17) is 4.74 Å². The van der Waals surface area contributed by atoms with Crippen LogP contribution in [0.2, 0.25) is 0 Å². The number of nitrogens with one attached hydrogen (secondary N) is 1. The van der Waals surface area contributed by atoms with Gasteiger partial charge in [0, 0.05) is 18.0 Å². The van der Waals surface area contributed by atoms with Gasteiger partial charge in [0.2, 0.25) is 0 Å². The molecule has 0 radical (unpaired) electrons. The number of fused-ring (bicyclic) bond motifs is 1. The van der Waals surface area contributed by atoms with Gasteiger partial charge in [0.15, 0.2) is 0 Å². The molecule has 21 heavy (non-hydrogen) atoms. The quantitative estimate of drug-likeness (QED) is 0.907. The van der Waals surface area contributed by atoms with Crippen molar-refractivity contribution in [3.8, 4) is 5.75 Å². The second kappa shape index (κ2) is 5.86. The fourth-order valence-corrected chi connectivity index (χ4v) is 2.91. The van der Waals surface area contributed by atoms with Gasteiger partial charge in [-0.1, -0.05) is 36.8 Å². The van der Waals surface area contributed by atoms with Crippen molar-refractivity contribution < 1.29 is 9.13 Å². The molecule has 0 bridgehead atoms. The summed E-state index contributed by atoms with van der Waals surface area (Å²) in [6.07, 6.45) is 0.820. The lowest BCUT2D eigenvalue weighted by molar-refractivity contribution is 0.152. The van der Waals surface area contributed by atoms with Gasteiger partial charge in [0.25, 0.3) is 0 Å². The Morgan fingerprint density at radius 1 is 1.19 bits per heavy atom. The van der Waals surface area contributed by atoms with Crippen LogP contribution in [0.5, 0.6) is 5.75 Å². The summed E-state index contributed by atoms with van der Waals surface area (Å²) in [5.74, 6) is 0.709. The van der Waals surface area contributed by atoms with Crippen molar-refractivity contribution in [1.82, 2.24) is 5.32 Å². The van der Waals surface area contributed by atoms with E-state index in [1.54, 1.807) is 0 Å². The monoisotopic (exact) mass is 285 g/mol. The molecule has 1 aliphatic rings. The minimum Gasteiger partial charge on any atom is -0.485 e. The van der Waals surface area contributed by atoms with Crippen LogP contribution in [-0.2, 0) is 0 Å². The van der Waals surface area contributed by atoms with E-state index in [1.165, 1.54) is 23.3 Å². The van der Waals surface area contributed by atoms with Crippen molar-refractivity contribution in [3.05, 3.63) is 65.0 Å². The highest BCUT2D eigenvalue weighted by atomic mass is 19.1. The second-order valence-corrected chi connectivity index (χ2v) is 5.55.